The van der Waals surface area contributed by atoms with Crippen LogP contribution in [0.5, 0.6) is 0 Å². The molecule has 0 bridgehead atoms. The van der Waals surface area contributed by atoms with Crippen LogP contribution >= 0.6 is 0 Å². The number of ether oxygens (including phenoxy) is 1. The molecule has 2 aliphatic heterocycles. The summed E-state index contributed by atoms with van der Waals surface area (Å²) in [5.74, 6) is 0.233. The first-order chi connectivity index (χ1) is 10.8. The van der Waals surface area contributed by atoms with Crippen LogP contribution in [0.15, 0.2) is 30.3 Å². The zero-order valence-corrected chi connectivity index (χ0v) is 12.9. The van der Waals surface area contributed by atoms with Gasteiger partial charge in [-0.2, -0.15) is 0 Å². The second-order valence-electron chi connectivity index (χ2n) is 6.06. The van der Waals surface area contributed by atoms with E-state index in [4.69, 9.17) is 4.74 Å². The summed E-state index contributed by atoms with van der Waals surface area (Å²) in [5, 5.41) is 10.5. The normalized spacial score (nSPS) is 21.7. The molecular formula is C17H24N2O3. The van der Waals surface area contributed by atoms with Crippen molar-refractivity contribution < 1.29 is 14.6 Å². The predicted octanol–water partition coefficient (Wildman–Crippen LogP) is 1.88. The lowest BCUT2D eigenvalue weighted by Crippen LogP contribution is -2.50. The Hall–Kier alpha value is -1.59. The molecule has 2 heterocycles. The maximum absolute atomic E-state index is 12.4. The minimum atomic E-state index is -0.429. The zero-order valence-electron chi connectivity index (χ0n) is 12.9. The van der Waals surface area contributed by atoms with Gasteiger partial charge in [-0.3, -0.25) is 0 Å². The Balaban J connectivity index is 1.52. The molecule has 1 aromatic carbocycles. The van der Waals surface area contributed by atoms with Gasteiger partial charge in [0.25, 0.3) is 0 Å². The first-order valence-corrected chi connectivity index (χ1v) is 8.10. The number of piperidine rings is 1. The van der Waals surface area contributed by atoms with Crippen molar-refractivity contribution in [1.29, 1.82) is 0 Å². The molecule has 1 aromatic rings. The number of amides is 2. The first-order valence-electron chi connectivity index (χ1n) is 8.10. The fourth-order valence-corrected chi connectivity index (χ4v) is 3.28. The van der Waals surface area contributed by atoms with E-state index in [1.165, 1.54) is 0 Å². The summed E-state index contributed by atoms with van der Waals surface area (Å²) in [4.78, 5) is 16.2. The van der Waals surface area contributed by atoms with Crippen molar-refractivity contribution in [3.05, 3.63) is 35.9 Å². The monoisotopic (exact) mass is 304 g/mol. The summed E-state index contributed by atoms with van der Waals surface area (Å²) in [6.07, 6.45) is 1.28. The van der Waals surface area contributed by atoms with Crippen molar-refractivity contribution in [1.82, 2.24) is 9.80 Å². The van der Waals surface area contributed by atoms with E-state index in [-0.39, 0.29) is 11.9 Å². The summed E-state index contributed by atoms with van der Waals surface area (Å²) in [6, 6.07) is 9.92. The lowest BCUT2D eigenvalue weighted by molar-refractivity contribution is 0.0310. The number of rotatable bonds is 2. The maximum Gasteiger partial charge on any atom is 0.320 e. The van der Waals surface area contributed by atoms with Gasteiger partial charge >= 0.3 is 6.03 Å². The molecule has 120 valence electrons. The molecule has 5 heteroatoms. The first kappa shape index (κ1) is 15.3. The third-order valence-corrected chi connectivity index (χ3v) is 4.68. The van der Waals surface area contributed by atoms with E-state index in [0.29, 0.717) is 26.3 Å². The van der Waals surface area contributed by atoms with Gasteiger partial charge < -0.3 is 19.6 Å². The van der Waals surface area contributed by atoms with Gasteiger partial charge in [-0.25, -0.2) is 4.79 Å². The van der Waals surface area contributed by atoms with Gasteiger partial charge in [0, 0.05) is 26.2 Å². The lowest BCUT2D eigenvalue weighted by atomic mass is 9.87. The van der Waals surface area contributed by atoms with Gasteiger partial charge in [0.15, 0.2) is 0 Å². The SMILES string of the molecule is O=C(N1CCOCC1)N1CCC(C(O)c2ccccc2)CC1. The molecule has 2 fully saturated rings. The Labute approximate surface area is 131 Å². The lowest BCUT2D eigenvalue weighted by Gasteiger charge is -2.38. The molecule has 2 saturated heterocycles. The molecule has 22 heavy (non-hydrogen) atoms. The van der Waals surface area contributed by atoms with Crippen molar-refractivity contribution in [3.8, 4) is 0 Å². The quantitative estimate of drug-likeness (QED) is 0.908. The molecule has 0 spiro atoms. The average molecular weight is 304 g/mol. The highest BCUT2D eigenvalue weighted by atomic mass is 16.5. The molecule has 2 amide bonds. The number of aliphatic hydroxyl groups excluding tert-OH is 1. The third kappa shape index (κ3) is 3.42. The molecule has 0 radical (unpaired) electrons. The van der Waals surface area contributed by atoms with Crippen molar-refractivity contribution >= 4 is 6.03 Å². The van der Waals surface area contributed by atoms with E-state index in [1.54, 1.807) is 0 Å². The minimum Gasteiger partial charge on any atom is -0.388 e. The summed E-state index contributed by atoms with van der Waals surface area (Å²) < 4.78 is 5.29. The predicted molar refractivity (Wildman–Crippen MR) is 83.5 cm³/mol. The minimum absolute atomic E-state index is 0.121. The average Bonchev–Trinajstić information content (AvgIpc) is 2.62. The Bertz CT molecular complexity index is 480. The number of benzene rings is 1. The van der Waals surface area contributed by atoms with E-state index in [1.807, 2.05) is 40.1 Å². The molecule has 0 aromatic heterocycles. The summed E-state index contributed by atoms with van der Waals surface area (Å²) >= 11 is 0. The Morgan fingerprint density at radius 1 is 1.05 bits per heavy atom. The van der Waals surface area contributed by atoms with Crippen molar-refractivity contribution in [2.24, 2.45) is 5.92 Å². The van der Waals surface area contributed by atoms with Crippen molar-refractivity contribution in [2.45, 2.75) is 18.9 Å². The van der Waals surface area contributed by atoms with Gasteiger partial charge in [0.05, 0.1) is 19.3 Å². The second-order valence-corrected chi connectivity index (χ2v) is 6.06. The van der Waals surface area contributed by atoms with Gasteiger partial charge in [-0.15, -0.1) is 0 Å². The van der Waals surface area contributed by atoms with Crippen LogP contribution in [0.1, 0.15) is 24.5 Å². The van der Waals surface area contributed by atoms with Gasteiger partial charge in [-0.05, 0) is 24.3 Å². The van der Waals surface area contributed by atoms with Gasteiger partial charge in [0.2, 0.25) is 0 Å². The van der Waals surface area contributed by atoms with E-state index in [0.717, 1.165) is 31.5 Å². The topological polar surface area (TPSA) is 53.0 Å². The molecular weight excluding hydrogens is 280 g/mol. The van der Waals surface area contributed by atoms with E-state index < -0.39 is 6.10 Å². The molecule has 0 aliphatic carbocycles. The highest BCUT2D eigenvalue weighted by molar-refractivity contribution is 5.74. The number of urea groups is 1. The van der Waals surface area contributed by atoms with E-state index in [2.05, 4.69) is 0 Å². The number of morpholine rings is 1. The second kappa shape index (κ2) is 7.11. The van der Waals surface area contributed by atoms with Crippen LogP contribution < -0.4 is 0 Å². The number of likely N-dealkylation sites (tertiary alicyclic amines) is 1. The standard InChI is InChI=1S/C17H24N2O3/c20-16(14-4-2-1-3-5-14)15-6-8-18(9-7-15)17(21)19-10-12-22-13-11-19/h1-5,15-16,20H,6-13H2. The summed E-state index contributed by atoms with van der Waals surface area (Å²) in [7, 11) is 0. The zero-order chi connectivity index (χ0) is 15.4. The van der Waals surface area contributed by atoms with Crippen LogP contribution in [0.3, 0.4) is 0 Å². The fourth-order valence-electron chi connectivity index (χ4n) is 3.28. The van der Waals surface area contributed by atoms with E-state index >= 15 is 0 Å². The van der Waals surface area contributed by atoms with Crippen molar-refractivity contribution in [3.63, 3.8) is 0 Å². The van der Waals surface area contributed by atoms with Crippen LogP contribution in [0.4, 0.5) is 4.79 Å². The number of carbonyl (C=O) groups is 1. The number of hydrogen-bond acceptors (Lipinski definition) is 3. The Morgan fingerprint density at radius 2 is 1.64 bits per heavy atom. The summed E-state index contributed by atoms with van der Waals surface area (Å²) in [5.41, 5.74) is 0.973. The van der Waals surface area contributed by atoms with Crippen LogP contribution in [0.2, 0.25) is 0 Å². The van der Waals surface area contributed by atoms with Gasteiger partial charge in [0.1, 0.15) is 0 Å². The fraction of sp³-hybridized carbons (Fsp3) is 0.588. The maximum atomic E-state index is 12.4. The highest BCUT2D eigenvalue weighted by Crippen LogP contribution is 2.30. The summed E-state index contributed by atoms with van der Waals surface area (Å²) in [6.45, 7) is 4.09. The molecule has 5 nitrogen and oxygen atoms in total. The largest absolute Gasteiger partial charge is 0.388 e. The third-order valence-electron chi connectivity index (χ3n) is 4.68. The van der Waals surface area contributed by atoms with E-state index in [9.17, 15) is 9.90 Å². The van der Waals surface area contributed by atoms with Crippen molar-refractivity contribution in [2.75, 3.05) is 39.4 Å². The Kier molecular flexibility index (Phi) is 4.95. The van der Waals surface area contributed by atoms with Crippen LogP contribution in [-0.4, -0.2) is 60.3 Å². The van der Waals surface area contributed by atoms with Crippen LogP contribution in [-0.2, 0) is 4.74 Å². The highest BCUT2D eigenvalue weighted by Gasteiger charge is 2.30. The number of nitrogens with zero attached hydrogens (tertiary/aromatic N) is 2. The number of carbonyl (C=O) groups excluding carboxylic acids is 1. The number of hydrogen-bond donors (Lipinski definition) is 1. The molecule has 3 rings (SSSR count). The molecule has 1 atom stereocenters. The molecule has 1 N–H and O–H groups in total. The molecule has 2 aliphatic rings. The molecule has 1 unspecified atom stereocenters. The smallest absolute Gasteiger partial charge is 0.320 e. The van der Waals surface area contributed by atoms with Gasteiger partial charge in [-0.1, -0.05) is 30.3 Å². The molecule has 0 saturated carbocycles. The number of aliphatic hydroxyl groups is 1. The Morgan fingerprint density at radius 3 is 2.27 bits per heavy atom. The van der Waals surface area contributed by atoms with Crippen LogP contribution in [0.25, 0.3) is 0 Å². The van der Waals surface area contributed by atoms with Crippen LogP contribution in [0, 0.1) is 5.92 Å².